The number of nitrogens with two attached hydrogens (primary N) is 1. The standard InChI is InChI=1S/C17H15N3O2S/c1-10(8-16(21)20-18)11(2)12-5-6-13-14(9-12)22-17(19-13)15-4-3-7-23-15/h3-9H,2,18H2,1H3,(H,20,21)/b10-8-. The van der Waals surface area contributed by atoms with E-state index in [0.29, 0.717) is 11.5 Å². The largest absolute Gasteiger partial charge is 0.435 e. The molecule has 2 aromatic heterocycles. The molecule has 0 unspecified atom stereocenters. The molecule has 0 atom stereocenters. The predicted molar refractivity (Wildman–Crippen MR) is 92.4 cm³/mol. The van der Waals surface area contributed by atoms with Crippen LogP contribution in [-0.2, 0) is 4.79 Å². The number of hydrogen-bond donors (Lipinski definition) is 2. The molecule has 1 amide bonds. The van der Waals surface area contributed by atoms with Crippen molar-refractivity contribution in [1.29, 1.82) is 0 Å². The van der Waals surface area contributed by atoms with E-state index in [1.807, 2.05) is 35.7 Å². The highest BCUT2D eigenvalue weighted by Crippen LogP contribution is 2.30. The van der Waals surface area contributed by atoms with E-state index in [-0.39, 0.29) is 5.91 Å². The zero-order valence-corrected chi connectivity index (χ0v) is 13.3. The maximum atomic E-state index is 11.3. The number of benzene rings is 1. The molecule has 0 fully saturated rings. The molecule has 23 heavy (non-hydrogen) atoms. The van der Waals surface area contributed by atoms with Crippen LogP contribution in [0.25, 0.3) is 27.4 Å². The van der Waals surface area contributed by atoms with Crippen LogP contribution in [0, 0.1) is 0 Å². The lowest BCUT2D eigenvalue weighted by atomic mass is 10.00. The van der Waals surface area contributed by atoms with Crippen molar-refractivity contribution in [2.45, 2.75) is 6.92 Å². The van der Waals surface area contributed by atoms with Crippen LogP contribution in [0.2, 0.25) is 0 Å². The Kier molecular flexibility index (Phi) is 4.10. The number of amides is 1. The van der Waals surface area contributed by atoms with Gasteiger partial charge in [-0.05, 0) is 47.2 Å². The minimum Gasteiger partial charge on any atom is -0.435 e. The van der Waals surface area contributed by atoms with E-state index in [1.54, 1.807) is 18.3 Å². The van der Waals surface area contributed by atoms with E-state index >= 15 is 0 Å². The third-order valence-corrected chi connectivity index (χ3v) is 4.29. The number of allylic oxidation sites excluding steroid dienone is 2. The SMILES string of the molecule is C=C(/C(C)=C\C(=O)NN)c1ccc2nc(-c3cccs3)oc2c1. The summed E-state index contributed by atoms with van der Waals surface area (Å²) in [4.78, 5) is 16.8. The van der Waals surface area contributed by atoms with Gasteiger partial charge in [0.25, 0.3) is 5.91 Å². The summed E-state index contributed by atoms with van der Waals surface area (Å²) in [6.07, 6.45) is 1.41. The van der Waals surface area contributed by atoms with Gasteiger partial charge in [-0.3, -0.25) is 10.2 Å². The predicted octanol–water partition coefficient (Wildman–Crippen LogP) is 3.51. The summed E-state index contributed by atoms with van der Waals surface area (Å²) in [6.45, 7) is 5.83. The number of rotatable bonds is 4. The number of carbonyl (C=O) groups excluding carboxylic acids is 1. The lowest BCUT2D eigenvalue weighted by molar-refractivity contribution is -0.116. The molecule has 3 N–H and O–H groups in total. The van der Waals surface area contributed by atoms with E-state index < -0.39 is 0 Å². The molecular formula is C17H15N3O2S. The third kappa shape index (κ3) is 3.08. The second-order valence-corrected chi connectivity index (χ2v) is 5.94. The molecule has 0 aliphatic rings. The summed E-state index contributed by atoms with van der Waals surface area (Å²) in [5.74, 6) is 5.32. The van der Waals surface area contributed by atoms with Gasteiger partial charge in [0.05, 0.1) is 4.88 Å². The van der Waals surface area contributed by atoms with Crippen molar-refractivity contribution in [1.82, 2.24) is 10.4 Å². The number of oxazole rings is 1. The Morgan fingerprint density at radius 2 is 2.26 bits per heavy atom. The smallest absolute Gasteiger partial charge is 0.258 e. The van der Waals surface area contributed by atoms with Crippen LogP contribution in [-0.4, -0.2) is 10.9 Å². The van der Waals surface area contributed by atoms with Gasteiger partial charge in [0.1, 0.15) is 5.52 Å². The molecule has 0 bridgehead atoms. The molecular weight excluding hydrogens is 310 g/mol. The first-order valence-corrected chi connectivity index (χ1v) is 7.79. The van der Waals surface area contributed by atoms with E-state index in [4.69, 9.17) is 10.3 Å². The van der Waals surface area contributed by atoms with Crippen molar-refractivity contribution in [2.24, 2.45) is 5.84 Å². The lowest BCUT2D eigenvalue weighted by Crippen LogP contribution is -2.28. The fourth-order valence-electron chi connectivity index (χ4n) is 2.17. The summed E-state index contributed by atoms with van der Waals surface area (Å²) in [5.41, 5.74) is 5.85. The van der Waals surface area contributed by atoms with Crippen molar-refractivity contribution in [2.75, 3.05) is 0 Å². The average molecular weight is 325 g/mol. The molecule has 0 aliphatic carbocycles. The van der Waals surface area contributed by atoms with Gasteiger partial charge in [0, 0.05) is 6.08 Å². The van der Waals surface area contributed by atoms with Gasteiger partial charge in [-0.2, -0.15) is 0 Å². The maximum Gasteiger partial charge on any atom is 0.258 e. The fraction of sp³-hybridized carbons (Fsp3) is 0.0588. The van der Waals surface area contributed by atoms with Crippen molar-refractivity contribution in [3.05, 3.63) is 59.5 Å². The molecule has 116 valence electrons. The molecule has 0 spiro atoms. The first-order valence-electron chi connectivity index (χ1n) is 6.91. The Balaban J connectivity index is 1.95. The summed E-state index contributed by atoms with van der Waals surface area (Å²) in [5, 5.41) is 1.98. The highest BCUT2D eigenvalue weighted by molar-refractivity contribution is 7.13. The normalized spacial score (nSPS) is 11.7. The minimum absolute atomic E-state index is 0.371. The van der Waals surface area contributed by atoms with Gasteiger partial charge in [-0.15, -0.1) is 11.3 Å². The molecule has 1 aromatic carbocycles. The second kappa shape index (κ2) is 6.20. The molecule has 3 aromatic rings. The zero-order chi connectivity index (χ0) is 16.4. The third-order valence-electron chi connectivity index (χ3n) is 3.43. The molecule has 2 heterocycles. The number of thiophene rings is 1. The number of hydrazine groups is 1. The summed E-state index contributed by atoms with van der Waals surface area (Å²) < 4.78 is 5.82. The van der Waals surface area contributed by atoms with Gasteiger partial charge in [-0.1, -0.05) is 18.7 Å². The average Bonchev–Trinajstić information content (AvgIpc) is 3.21. The van der Waals surface area contributed by atoms with Gasteiger partial charge in [0.2, 0.25) is 5.89 Å². The summed E-state index contributed by atoms with van der Waals surface area (Å²) in [6, 6.07) is 9.58. The molecule has 0 saturated heterocycles. The molecule has 3 rings (SSSR count). The number of aromatic nitrogens is 1. The Bertz CT molecular complexity index is 907. The zero-order valence-electron chi connectivity index (χ0n) is 12.5. The van der Waals surface area contributed by atoms with Crippen molar-refractivity contribution < 1.29 is 9.21 Å². The summed E-state index contributed by atoms with van der Waals surface area (Å²) in [7, 11) is 0. The first-order chi connectivity index (χ1) is 11.1. The molecule has 0 aliphatic heterocycles. The summed E-state index contributed by atoms with van der Waals surface area (Å²) >= 11 is 1.58. The van der Waals surface area contributed by atoms with Crippen LogP contribution in [0.1, 0.15) is 12.5 Å². The molecule has 0 saturated carbocycles. The Hall–Kier alpha value is -2.70. The Morgan fingerprint density at radius 3 is 2.96 bits per heavy atom. The number of carbonyl (C=O) groups is 1. The van der Waals surface area contributed by atoms with Crippen molar-refractivity contribution >= 4 is 33.9 Å². The number of hydrogen-bond acceptors (Lipinski definition) is 5. The van der Waals surface area contributed by atoms with Gasteiger partial charge < -0.3 is 4.42 Å². The number of nitrogens with zero attached hydrogens (tertiary/aromatic N) is 1. The number of fused-ring (bicyclic) bond motifs is 1. The van der Waals surface area contributed by atoms with E-state index in [1.165, 1.54) is 6.08 Å². The topological polar surface area (TPSA) is 81.2 Å². The number of nitrogens with one attached hydrogen (secondary N) is 1. The van der Waals surface area contributed by atoms with Crippen LogP contribution in [0.5, 0.6) is 0 Å². The highest BCUT2D eigenvalue weighted by atomic mass is 32.1. The quantitative estimate of drug-likeness (QED) is 0.253. The van der Waals surface area contributed by atoms with E-state index in [0.717, 1.165) is 27.1 Å². The fourth-order valence-corrected chi connectivity index (χ4v) is 2.82. The van der Waals surface area contributed by atoms with Crippen LogP contribution >= 0.6 is 11.3 Å². The minimum atomic E-state index is -0.371. The Morgan fingerprint density at radius 1 is 1.43 bits per heavy atom. The Labute approximate surface area is 137 Å². The first kappa shape index (κ1) is 15.2. The van der Waals surface area contributed by atoms with Crippen LogP contribution in [0.15, 0.2) is 58.4 Å². The second-order valence-electron chi connectivity index (χ2n) is 4.99. The van der Waals surface area contributed by atoms with Gasteiger partial charge in [0.15, 0.2) is 5.58 Å². The van der Waals surface area contributed by atoms with Crippen LogP contribution in [0.3, 0.4) is 0 Å². The van der Waals surface area contributed by atoms with Crippen molar-refractivity contribution in [3.63, 3.8) is 0 Å². The molecule has 6 heteroatoms. The van der Waals surface area contributed by atoms with Gasteiger partial charge >= 0.3 is 0 Å². The van der Waals surface area contributed by atoms with Crippen molar-refractivity contribution in [3.8, 4) is 10.8 Å². The molecule has 0 radical (unpaired) electrons. The maximum absolute atomic E-state index is 11.3. The van der Waals surface area contributed by atoms with E-state index in [2.05, 4.69) is 17.0 Å². The molecule has 5 nitrogen and oxygen atoms in total. The highest BCUT2D eigenvalue weighted by Gasteiger charge is 2.11. The monoisotopic (exact) mass is 325 g/mol. The van der Waals surface area contributed by atoms with E-state index in [9.17, 15) is 4.79 Å². The van der Waals surface area contributed by atoms with Gasteiger partial charge in [-0.25, -0.2) is 10.8 Å². The van der Waals surface area contributed by atoms with Crippen LogP contribution in [0.4, 0.5) is 0 Å². The van der Waals surface area contributed by atoms with Crippen LogP contribution < -0.4 is 11.3 Å². The lowest BCUT2D eigenvalue weighted by Gasteiger charge is -2.06.